The molecule has 0 aliphatic carbocycles. The van der Waals surface area contributed by atoms with Gasteiger partial charge >= 0.3 is 0 Å². The Morgan fingerprint density at radius 1 is 1.31 bits per heavy atom. The topological polar surface area (TPSA) is 66.7 Å². The number of aromatic amines is 1. The second-order valence-electron chi connectivity index (χ2n) is 3.95. The summed E-state index contributed by atoms with van der Waals surface area (Å²) in [5.74, 6) is 0.840. The van der Waals surface area contributed by atoms with Gasteiger partial charge in [0, 0.05) is 30.4 Å². The summed E-state index contributed by atoms with van der Waals surface area (Å²) in [5, 5.41) is 14.3. The monoisotopic (exact) mass is 220 g/mol. The minimum atomic E-state index is 0.710. The number of H-pyrrole nitrogens is 1. The SMILES string of the molecule is Cc1cc(CNCc2c(C)n[nH]c2C)no1. The van der Waals surface area contributed by atoms with E-state index in [1.807, 2.05) is 26.8 Å². The Morgan fingerprint density at radius 3 is 2.69 bits per heavy atom. The van der Waals surface area contributed by atoms with Gasteiger partial charge in [0.15, 0.2) is 0 Å². The van der Waals surface area contributed by atoms with Gasteiger partial charge in [-0.1, -0.05) is 5.16 Å². The quantitative estimate of drug-likeness (QED) is 0.821. The van der Waals surface area contributed by atoms with Gasteiger partial charge in [-0.05, 0) is 20.8 Å². The lowest BCUT2D eigenvalue weighted by Gasteiger charge is -2.02. The van der Waals surface area contributed by atoms with E-state index in [1.165, 1.54) is 5.56 Å². The molecular weight excluding hydrogens is 204 g/mol. The molecule has 2 aromatic rings. The Morgan fingerprint density at radius 2 is 2.12 bits per heavy atom. The third-order valence-electron chi connectivity index (χ3n) is 2.57. The maximum atomic E-state index is 4.99. The van der Waals surface area contributed by atoms with Crippen molar-refractivity contribution >= 4 is 0 Å². The van der Waals surface area contributed by atoms with Crippen LogP contribution >= 0.6 is 0 Å². The number of hydrogen-bond acceptors (Lipinski definition) is 4. The molecule has 0 fully saturated rings. The molecule has 16 heavy (non-hydrogen) atoms. The van der Waals surface area contributed by atoms with Crippen molar-refractivity contribution in [2.75, 3.05) is 0 Å². The van der Waals surface area contributed by atoms with Crippen LogP contribution in [0.2, 0.25) is 0 Å². The molecule has 0 radical (unpaired) electrons. The number of aromatic nitrogens is 3. The molecule has 0 saturated carbocycles. The van der Waals surface area contributed by atoms with E-state index in [-0.39, 0.29) is 0 Å². The molecule has 2 rings (SSSR count). The molecule has 0 spiro atoms. The van der Waals surface area contributed by atoms with Gasteiger partial charge in [-0.15, -0.1) is 0 Å². The Hall–Kier alpha value is -1.62. The van der Waals surface area contributed by atoms with Crippen molar-refractivity contribution in [2.24, 2.45) is 0 Å². The number of aryl methyl sites for hydroxylation is 3. The molecule has 0 unspecified atom stereocenters. The molecule has 2 N–H and O–H groups in total. The molecule has 86 valence electrons. The van der Waals surface area contributed by atoms with Crippen LogP contribution < -0.4 is 5.32 Å². The van der Waals surface area contributed by atoms with Gasteiger partial charge < -0.3 is 9.84 Å². The van der Waals surface area contributed by atoms with Crippen LogP contribution in [0.15, 0.2) is 10.6 Å². The summed E-state index contributed by atoms with van der Waals surface area (Å²) in [7, 11) is 0. The summed E-state index contributed by atoms with van der Waals surface area (Å²) in [6.07, 6.45) is 0. The fourth-order valence-corrected chi connectivity index (χ4v) is 1.65. The third-order valence-corrected chi connectivity index (χ3v) is 2.57. The summed E-state index contributed by atoms with van der Waals surface area (Å²) in [5.41, 5.74) is 4.30. The highest BCUT2D eigenvalue weighted by atomic mass is 16.5. The lowest BCUT2D eigenvalue weighted by atomic mass is 10.2. The first-order valence-corrected chi connectivity index (χ1v) is 5.30. The fourth-order valence-electron chi connectivity index (χ4n) is 1.65. The van der Waals surface area contributed by atoms with Gasteiger partial charge in [0.25, 0.3) is 0 Å². The molecule has 0 aliphatic rings. The first-order chi connectivity index (χ1) is 7.66. The second kappa shape index (κ2) is 4.49. The molecule has 0 aromatic carbocycles. The van der Waals surface area contributed by atoms with E-state index in [1.54, 1.807) is 0 Å². The predicted octanol–water partition coefficient (Wildman–Crippen LogP) is 1.61. The van der Waals surface area contributed by atoms with Crippen molar-refractivity contribution in [3.05, 3.63) is 34.5 Å². The van der Waals surface area contributed by atoms with Crippen LogP contribution in [-0.2, 0) is 13.1 Å². The van der Waals surface area contributed by atoms with Crippen LogP contribution in [0.4, 0.5) is 0 Å². The highest BCUT2D eigenvalue weighted by molar-refractivity contribution is 5.22. The lowest BCUT2D eigenvalue weighted by molar-refractivity contribution is 0.388. The van der Waals surface area contributed by atoms with Crippen LogP contribution in [-0.4, -0.2) is 15.4 Å². The molecule has 5 nitrogen and oxygen atoms in total. The van der Waals surface area contributed by atoms with Crippen LogP contribution in [0.5, 0.6) is 0 Å². The smallest absolute Gasteiger partial charge is 0.133 e. The molecule has 0 amide bonds. The van der Waals surface area contributed by atoms with Gasteiger partial charge in [0.05, 0.1) is 11.4 Å². The van der Waals surface area contributed by atoms with E-state index < -0.39 is 0 Å². The Bertz CT molecular complexity index is 453. The van der Waals surface area contributed by atoms with E-state index in [0.717, 1.165) is 29.4 Å². The van der Waals surface area contributed by atoms with E-state index in [4.69, 9.17) is 4.52 Å². The number of hydrogen-bond donors (Lipinski definition) is 2. The first-order valence-electron chi connectivity index (χ1n) is 5.30. The fraction of sp³-hybridized carbons (Fsp3) is 0.455. The molecule has 0 atom stereocenters. The van der Waals surface area contributed by atoms with Crippen molar-refractivity contribution in [3.63, 3.8) is 0 Å². The summed E-state index contributed by atoms with van der Waals surface area (Å²) in [4.78, 5) is 0. The summed E-state index contributed by atoms with van der Waals surface area (Å²) in [6.45, 7) is 7.42. The van der Waals surface area contributed by atoms with Crippen molar-refractivity contribution < 1.29 is 4.52 Å². The minimum absolute atomic E-state index is 0.710. The van der Waals surface area contributed by atoms with Crippen LogP contribution in [0, 0.1) is 20.8 Å². The molecule has 0 saturated heterocycles. The van der Waals surface area contributed by atoms with E-state index in [0.29, 0.717) is 6.54 Å². The number of nitrogens with zero attached hydrogens (tertiary/aromatic N) is 2. The van der Waals surface area contributed by atoms with Crippen molar-refractivity contribution in [3.8, 4) is 0 Å². The minimum Gasteiger partial charge on any atom is -0.361 e. The van der Waals surface area contributed by atoms with E-state index >= 15 is 0 Å². The number of rotatable bonds is 4. The normalized spacial score (nSPS) is 10.9. The Labute approximate surface area is 94.2 Å². The Balaban J connectivity index is 1.89. The second-order valence-corrected chi connectivity index (χ2v) is 3.95. The summed E-state index contributed by atoms with van der Waals surface area (Å²) >= 11 is 0. The van der Waals surface area contributed by atoms with Gasteiger partial charge in [-0.2, -0.15) is 5.10 Å². The predicted molar refractivity (Wildman–Crippen MR) is 59.8 cm³/mol. The summed E-state index contributed by atoms with van der Waals surface area (Å²) < 4.78 is 4.99. The molecule has 2 heterocycles. The Kier molecular flexibility index (Phi) is 3.05. The van der Waals surface area contributed by atoms with Crippen LogP contribution in [0.3, 0.4) is 0 Å². The number of nitrogens with one attached hydrogen (secondary N) is 2. The average molecular weight is 220 g/mol. The zero-order chi connectivity index (χ0) is 11.5. The third kappa shape index (κ3) is 2.30. The van der Waals surface area contributed by atoms with Crippen molar-refractivity contribution in [1.82, 2.24) is 20.7 Å². The van der Waals surface area contributed by atoms with Gasteiger partial charge in [-0.25, -0.2) is 0 Å². The van der Waals surface area contributed by atoms with Crippen molar-refractivity contribution in [1.29, 1.82) is 0 Å². The van der Waals surface area contributed by atoms with E-state index in [9.17, 15) is 0 Å². The zero-order valence-corrected chi connectivity index (χ0v) is 9.79. The maximum Gasteiger partial charge on any atom is 0.133 e. The molecule has 0 bridgehead atoms. The van der Waals surface area contributed by atoms with Crippen molar-refractivity contribution in [2.45, 2.75) is 33.9 Å². The van der Waals surface area contributed by atoms with Crippen LogP contribution in [0.25, 0.3) is 0 Å². The van der Waals surface area contributed by atoms with Gasteiger partial charge in [0.1, 0.15) is 5.76 Å². The van der Waals surface area contributed by atoms with Crippen LogP contribution in [0.1, 0.15) is 28.4 Å². The van der Waals surface area contributed by atoms with E-state index in [2.05, 4.69) is 20.7 Å². The highest BCUT2D eigenvalue weighted by Crippen LogP contribution is 2.09. The molecule has 2 aromatic heterocycles. The van der Waals surface area contributed by atoms with Gasteiger partial charge in [0.2, 0.25) is 0 Å². The lowest BCUT2D eigenvalue weighted by Crippen LogP contribution is -2.13. The molecule has 5 heteroatoms. The maximum absolute atomic E-state index is 4.99. The molecule has 0 aliphatic heterocycles. The average Bonchev–Trinajstić information content (AvgIpc) is 2.78. The highest BCUT2D eigenvalue weighted by Gasteiger charge is 2.06. The zero-order valence-electron chi connectivity index (χ0n) is 9.79. The standard InChI is InChI=1S/C11H16N4O/c1-7-4-10(15-16-7)5-12-6-11-8(2)13-14-9(11)3/h4,12H,5-6H2,1-3H3,(H,13,14). The summed E-state index contributed by atoms with van der Waals surface area (Å²) in [6, 6.07) is 1.93. The molecular formula is C11H16N4O. The van der Waals surface area contributed by atoms with Gasteiger partial charge in [-0.3, -0.25) is 5.10 Å². The first kappa shape index (κ1) is 10.9. The largest absolute Gasteiger partial charge is 0.361 e.